The molecule has 0 radical (unpaired) electrons. The molecule has 0 fully saturated rings. The highest BCUT2D eigenvalue weighted by atomic mass is 31.2. The van der Waals surface area contributed by atoms with Crippen molar-refractivity contribution in [3.8, 4) is 17.2 Å². The molecule has 0 spiro atoms. The molecule has 0 unspecified atom stereocenters. The summed E-state index contributed by atoms with van der Waals surface area (Å²) in [5.41, 5.74) is -0.115. The van der Waals surface area contributed by atoms with Gasteiger partial charge in [-0.2, -0.15) is 4.57 Å². The van der Waals surface area contributed by atoms with Gasteiger partial charge in [-0.05, 0) is 63.7 Å². The zero-order valence-electron chi connectivity index (χ0n) is 21.2. The summed E-state index contributed by atoms with van der Waals surface area (Å²) in [6.07, 6.45) is 0.680. The molecule has 3 aromatic rings. The monoisotopic (exact) mass is 523 g/mol. The van der Waals surface area contributed by atoms with Gasteiger partial charge in [-0.15, -0.1) is 0 Å². The summed E-state index contributed by atoms with van der Waals surface area (Å²) >= 11 is 0. The van der Waals surface area contributed by atoms with E-state index in [1.807, 2.05) is 0 Å². The van der Waals surface area contributed by atoms with Crippen LogP contribution in [0, 0.1) is 0 Å². The number of para-hydroxylation sites is 2. The van der Waals surface area contributed by atoms with Crippen molar-refractivity contribution in [1.82, 2.24) is 0 Å². The summed E-state index contributed by atoms with van der Waals surface area (Å²) in [6.45, 7) is 12.9. The number of nitrogens with zero attached hydrogens (tertiary/aromatic N) is 1. The predicted octanol–water partition coefficient (Wildman–Crippen LogP) is 7.83. The smallest absolute Gasteiger partial charge is 0.496 e. The van der Waals surface area contributed by atoms with E-state index >= 15 is 0 Å². The number of ether oxygens (including phenoxy) is 2. The Morgan fingerprint density at radius 2 is 1.43 bits per heavy atom. The van der Waals surface area contributed by atoms with Gasteiger partial charge in [0.05, 0.1) is 12.8 Å². The molecule has 9 heteroatoms. The lowest BCUT2D eigenvalue weighted by Gasteiger charge is -2.30. The van der Waals surface area contributed by atoms with Gasteiger partial charge in [0, 0.05) is 5.56 Å². The number of hydrogen-bond donors (Lipinski definition) is 0. The van der Waals surface area contributed by atoms with Crippen LogP contribution in [0.4, 0.5) is 10.5 Å². The van der Waals surface area contributed by atoms with E-state index in [1.165, 1.54) is 13.2 Å². The standard InChI is InChI=1S/C28H30NO7P/c1-7-24-25(19-14-20-26(24)32-6)29(27(30)33-28(3,4)5)21(2)34-37(31,35-22-15-10-8-11-16-22)36-23-17-12-9-13-18-23/h7-20H,1-2H2,3-6H3. The third-order valence-corrected chi connectivity index (χ3v) is 5.97. The number of phosphoric acid groups is 1. The first-order valence-electron chi connectivity index (χ1n) is 11.4. The van der Waals surface area contributed by atoms with Crippen LogP contribution in [0.2, 0.25) is 0 Å². The lowest BCUT2D eigenvalue weighted by molar-refractivity contribution is 0.0576. The van der Waals surface area contributed by atoms with E-state index < -0.39 is 19.5 Å². The summed E-state index contributed by atoms with van der Waals surface area (Å²) in [6, 6.07) is 21.8. The molecule has 37 heavy (non-hydrogen) atoms. The highest BCUT2D eigenvalue weighted by Gasteiger charge is 2.38. The summed E-state index contributed by atoms with van der Waals surface area (Å²) < 4.78 is 42.0. The van der Waals surface area contributed by atoms with Crippen LogP contribution in [0.3, 0.4) is 0 Å². The molecule has 8 nitrogen and oxygen atoms in total. The first-order valence-corrected chi connectivity index (χ1v) is 12.8. The van der Waals surface area contributed by atoms with Crippen LogP contribution in [-0.4, -0.2) is 18.8 Å². The van der Waals surface area contributed by atoms with Crippen molar-refractivity contribution < 1.29 is 32.4 Å². The lowest BCUT2D eigenvalue weighted by Crippen LogP contribution is -2.37. The number of benzene rings is 3. The average molecular weight is 524 g/mol. The number of methoxy groups -OCH3 is 1. The Balaban J connectivity index is 2.05. The number of carbonyl (C=O) groups excluding carboxylic acids is 1. The Bertz CT molecular complexity index is 1240. The summed E-state index contributed by atoms with van der Waals surface area (Å²) in [4.78, 5) is 14.4. The Kier molecular flexibility index (Phi) is 8.69. The Hall–Kier alpha value is -4.16. The van der Waals surface area contributed by atoms with E-state index in [0.29, 0.717) is 11.3 Å². The second-order valence-corrected chi connectivity index (χ2v) is 10.1. The molecule has 0 saturated heterocycles. The fourth-order valence-electron chi connectivity index (χ4n) is 3.20. The fraction of sp³-hybridized carbons (Fsp3) is 0.179. The van der Waals surface area contributed by atoms with Crippen LogP contribution in [0.5, 0.6) is 17.2 Å². The Morgan fingerprint density at radius 1 is 0.892 bits per heavy atom. The molecule has 194 valence electrons. The number of anilines is 1. The van der Waals surface area contributed by atoms with E-state index in [9.17, 15) is 9.36 Å². The number of hydrogen-bond acceptors (Lipinski definition) is 7. The zero-order valence-corrected chi connectivity index (χ0v) is 22.1. The second kappa shape index (κ2) is 11.7. The summed E-state index contributed by atoms with van der Waals surface area (Å²) in [5, 5.41) is 0. The lowest BCUT2D eigenvalue weighted by atomic mass is 10.1. The summed E-state index contributed by atoms with van der Waals surface area (Å²) in [5.74, 6) is 0.539. The van der Waals surface area contributed by atoms with Crippen molar-refractivity contribution in [3.05, 3.63) is 103 Å². The van der Waals surface area contributed by atoms with Gasteiger partial charge in [-0.25, -0.2) is 9.69 Å². The highest BCUT2D eigenvalue weighted by molar-refractivity contribution is 7.49. The molecule has 0 aromatic heterocycles. The van der Waals surface area contributed by atoms with Crippen LogP contribution >= 0.6 is 7.82 Å². The molecule has 3 rings (SSSR count). The molecule has 1 amide bonds. The molecule has 0 bridgehead atoms. The van der Waals surface area contributed by atoms with Crippen LogP contribution in [0.15, 0.2) is 97.9 Å². The Labute approximate surface area is 217 Å². The van der Waals surface area contributed by atoms with E-state index in [4.69, 9.17) is 23.0 Å². The Morgan fingerprint density at radius 3 is 1.89 bits per heavy atom. The number of carbonyl (C=O) groups is 1. The van der Waals surface area contributed by atoms with Gasteiger partial charge in [0.2, 0.25) is 5.88 Å². The van der Waals surface area contributed by atoms with Crippen LogP contribution in [-0.2, 0) is 13.8 Å². The first kappa shape index (κ1) is 27.4. The number of amides is 1. The minimum atomic E-state index is -4.43. The van der Waals surface area contributed by atoms with Crippen molar-refractivity contribution >= 4 is 25.7 Å². The molecule has 0 N–H and O–H groups in total. The molecule has 0 atom stereocenters. The maximum atomic E-state index is 13.9. The molecule has 0 aliphatic heterocycles. The van der Waals surface area contributed by atoms with E-state index in [1.54, 1.807) is 99.6 Å². The maximum absolute atomic E-state index is 13.9. The highest BCUT2D eigenvalue weighted by Crippen LogP contribution is 2.52. The van der Waals surface area contributed by atoms with Gasteiger partial charge in [-0.3, -0.25) is 0 Å². The van der Waals surface area contributed by atoms with Gasteiger partial charge in [-0.1, -0.05) is 55.1 Å². The molecule has 0 aliphatic carbocycles. The molecule has 0 saturated carbocycles. The van der Waals surface area contributed by atoms with Crippen molar-refractivity contribution in [2.75, 3.05) is 12.0 Å². The average Bonchev–Trinajstić information content (AvgIpc) is 2.83. The van der Waals surface area contributed by atoms with Crippen LogP contribution in [0.25, 0.3) is 6.08 Å². The number of phosphoric ester groups is 1. The molecule has 0 aliphatic rings. The van der Waals surface area contributed by atoms with Gasteiger partial charge < -0.3 is 23.0 Å². The minimum absolute atomic E-state index is 0.228. The molecule has 0 heterocycles. The van der Waals surface area contributed by atoms with Crippen molar-refractivity contribution in [2.24, 2.45) is 0 Å². The quantitative estimate of drug-likeness (QED) is 0.198. The van der Waals surface area contributed by atoms with Crippen molar-refractivity contribution in [1.29, 1.82) is 0 Å². The van der Waals surface area contributed by atoms with Gasteiger partial charge in [0.15, 0.2) is 0 Å². The molecule has 3 aromatic carbocycles. The van der Waals surface area contributed by atoms with E-state index in [2.05, 4.69) is 13.2 Å². The van der Waals surface area contributed by atoms with Gasteiger partial charge in [0.1, 0.15) is 22.8 Å². The van der Waals surface area contributed by atoms with Crippen LogP contribution in [0.1, 0.15) is 26.3 Å². The van der Waals surface area contributed by atoms with Crippen molar-refractivity contribution in [2.45, 2.75) is 26.4 Å². The van der Waals surface area contributed by atoms with Gasteiger partial charge in [0.25, 0.3) is 0 Å². The summed E-state index contributed by atoms with van der Waals surface area (Å²) in [7, 11) is -2.94. The third kappa shape index (κ3) is 7.41. The fourth-order valence-corrected chi connectivity index (χ4v) is 4.41. The zero-order chi connectivity index (χ0) is 27.1. The third-order valence-electron chi connectivity index (χ3n) is 4.67. The topological polar surface area (TPSA) is 83.5 Å². The minimum Gasteiger partial charge on any atom is -0.496 e. The predicted molar refractivity (Wildman–Crippen MR) is 144 cm³/mol. The molecular formula is C28H30NO7P. The largest absolute Gasteiger partial charge is 0.648 e. The van der Waals surface area contributed by atoms with Gasteiger partial charge >= 0.3 is 13.9 Å². The normalized spacial score (nSPS) is 11.1. The van der Waals surface area contributed by atoms with Crippen molar-refractivity contribution in [3.63, 3.8) is 0 Å². The number of rotatable bonds is 10. The van der Waals surface area contributed by atoms with E-state index in [0.717, 1.165) is 4.90 Å². The second-order valence-electron chi connectivity index (χ2n) is 8.65. The maximum Gasteiger partial charge on any atom is 0.648 e. The van der Waals surface area contributed by atoms with E-state index in [-0.39, 0.29) is 23.1 Å². The molecular weight excluding hydrogens is 493 g/mol. The van der Waals surface area contributed by atoms with Crippen LogP contribution < -0.4 is 18.7 Å². The SMILES string of the molecule is C=Cc1c(OC)cccc1N(C(=C)OP(=O)(Oc1ccccc1)Oc1ccccc1)C(=O)OC(C)(C)C. The first-order chi connectivity index (χ1) is 17.5.